The van der Waals surface area contributed by atoms with Crippen LogP contribution in [0.5, 0.6) is 0 Å². The summed E-state index contributed by atoms with van der Waals surface area (Å²) in [6.45, 7) is 2.83. The fourth-order valence-electron chi connectivity index (χ4n) is 1.85. The predicted molar refractivity (Wildman–Crippen MR) is 64.3 cm³/mol. The molecule has 6 heteroatoms. The highest BCUT2D eigenvalue weighted by Crippen LogP contribution is 2.42. The van der Waals surface area contributed by atoms with Crippen LogP contribution in [0.15, 0.2) is 0 Å². The first-order chi connectivity index (χ1) is 7.65. The molecule has 2 unspecified atom stereocenters. The van der Waals surface area contributed by atoms with Crippen molar-refractivity contribution in [2.75, 3.05) is 13.7 Å². The summed E-state index contributed by atoms with van der Waals surface area (Å²) in [6.07, 6.45) is 1.90. The van der Waals surface area contributed by atoms with Crippen LogP contribution in [0.2, 0.25) is 0 Å². The zero-order chi connectivity index (χ0) is 11.7. The van der Waals surface area contributed by atoms with E-state index >= 15 is 0 Å². The van der Waals surface area contributed by atoms with Crippen molar-refractivity contribution in [1.82, 2.24) is 15.0 Å². The maximum Gasteiger partial charge on any atom is 0.143 e. The van der Waals surface area contributed by atoms with E-state index in [1.165, 1.54) is 0 Å². The molecule has 2 rings (SSSR count). The molecular formula is C10H16N4OS. The van der Waals surface area contributed by atoms with Gasteiger partial charge in [-0.1, -0.05) is 24.4 Å². The third-order valence-electron chi connectivity index (χ3n) is 2.95. The van der Waals surface area contributed by atoms with Crippen LogP contribution in [0.3, 0.4) is 0 Å². The molecule has 1 fully saturated rings. The standard InChI is InChI=1S/C10H16N4OS/c1-6-5-8(6)14-7(3-4-15-2)9(10(11)16)12-13-14/h6,8H,3-5H2,1-2H3,(H2,11,16). The third-order valence-corrected chi connectivity index (χ3v) is 3.14. The van der Waals surface area contributed by atoms with Gasteiger partial charge in [-0.15, -0.1) is 5.10 Å². The second-order valence-corrected chi connectivity index (χ2v) is 4.66. The van der Waals surface area contributed by atoms with Crippen LogP contribution < -0.4 is 5.73 Å². The quantitative estimate of drug-likeness (QED) is 0.767. The Morgan fingerprint density at radius 3 is 2.88 bits per heavy atom. The van der Waals surface area contributed by atoms with Gasteiger partial charge in [0.05, 0.1) is 18.3 Å². The Kier molecular flexibility index (Phi) is 3.20. The van der Waals surface area contributed by atoms with Crippen molar-refractivity contribution in [2.24, 2.45) is 11.7 Å². The maximum atomic E-state index is 5.63. The number of nitrogens with zero attached hydrogens (tertiary/aromatic N) is 3. The number of thiocarbonyl (C=S) groups is 1. The molecule has 1 saturated carbocycles. The van der Waals surface area contributed by atoms with Gasteiger partial charge < -0.3 is 10.5 Å². The van der Waals surface area contributed by atoms with Crippen LogP contribution in [-0.2, 0) is 11.2 Å². The Morgan fingerprint density at radius 2 is 2.38 bits per heavy atom. The van der Waals surface area contributed by atoms with Crippen LogP contribution in [0, 0.1) is 5.92 Å². The molecule has 0 aliphatic heterocycles. The molecule has 2 N–H and O–H groups in total. The van der Waals surface area contributed by atoms with Gasteiger partial charge in [0.15, 0.2) is 0 Å². The van der Waals surface area contributed by atoms with Crippen LogP contribution in [-0.4, -0.2) is 33.7 Å². The molecule has 0 aromatic carbocycles. The lowest BCUT2D eigenvalue weighted by Gasteiger charge is -2.06. The lowest BCUT2D eigenvalue weighted by Crippen LogP contribution is -2.15. The lowest BCUT2D eigenvalue weighted by molar-refractivity contribution is 0.200. The van der Waals surface area contributed by atoms with Crippen molar-refractivity contribution in [1.29, 1.82) is 0 Å². The van der Waals surface area contributed by atoms with Crippen molar-refractivity contribution >= 4 is 17.2 Å². The van der Waals surface area contributed by atoms with Crippen molar-refractivity contribution in [2.45, 2.75) is 25.8 Å². The Balaban J connectivity index is 2.26. The van der Waals surface area contributed by atoms with Gasteiger partial charge in [0.1, 0.15) is 10.7 Å². The monoisotopic (exact) mass is 240 g/mol. The van der Waals surface area contributed by atoms with Crippen LogP contribution in [0.4, 0.5) is 0 Å². The summed E-state index contributed by atoms with van der Waals surface area (Å²) in [6, 6.07) is 0.461. The van der Waals surface area contributed by atoms with Crippen molar-refractivity contribution in [3.8, 4) is 0 Å². The molecule has 1 aromatic heterocycles. The van der Waals surface area contributed by atoms with E-state index in [-0.39, 0.29) is 0 Å². The average molecular weight is 240 g/mol. The molecule has 16 heavy (non-hydrogen) atoms. The summed E-state index contributed by atoms with van der Waals surface area (Å²) < 4.78 is 7.04. The summed E-state index contributed by atoms with van der Waals surface area (Å²) in [5.74, 6) is 0.669. The minimum Gasteiger partial charge on any atom is -0.388 e. The van der Waals surface area contributed by atoms with Crippen molar-refractivity contribution in [3.05, 3.63) is 11.4 Å². The molecule has 0 bridgehead atoms. The number of rotatable bonds is 5. The van der Waals surface area contributed by atoms with Gasteiger partial charge in [0, 0.05) is 13.5 Å². The Labute approximate surface area is 100.0 Å². The van der Waals surface area contributed by atoms with Crippen molar-refractivity contribution < 1.29 is 4.74 Å². The molecule has 5 nitrogen and oxygen atoms in total. The van der Waals surface area contributed by atoms with E-state index in [4.69, 9.17) is 22.7 Å². The first-order valence-electron chi connectivity index (χ1n) is 5.38. The molecule has 0 radical (unpaired) electrons. The summed E-state index contributed by atoms with van der Waals surface area (Å²) in [4.78, 5) is 0.311. The summed E-state index contributed by atoms with van der Waals surface area (Å²) >= 11 is 4.97. The van der Waals surface area contributed by atoms with Gasteiger partial charge in [-0.25, -0.2) is 4.68 Å². The highest BCUT2D eigenvalue weighted by molar-refractivity contribution is 7.80. The van der Waals surface area contributed by atoms with Gasteiger partial charge in [-0.2, -0.15) is 0 Å². The van der Waals surface area contributed by atoms with E-state index in [0.717, 1.165) is 18.5 Å². The molecule has 1 aliphatic rings. The summed E-state index contributed by atoms with van der Waals surface area (Å²) in [5, 5.41) is 8.20. The number of hydrogen-bond donors (Lipinski definition) is 1. The normalized spacial score (nSPS) is 23.4. The Hall–Kier alpha value is -1.01. The number of hydrogen-bond acceptors (Lipinski definition) is 4. The van der Waals surface area contributed by atoms with Crippen LogP contribution in [0.1, 0.15) is 30.8 Å². The highest BCUT2D eigenvalue weighted by atomic mass is 32.1. The SMILES string of the molecule is COCCc1c(C(N)=S)nnn1C1CC1C. The number of ether oxygens (including phenoxy) is 1. The van der Waals surface area contributed by atoms with Crippen LogP contribution >= 0.6 is 12.2 Å². The average Bonchev–Trinajstić information content (AvgIpc) is 2.80. The van der Waals surface area contributed by atoms with E-state index in [1.54, 1.807) is 7.11 Å². The van der Waals surface area contributed by atoms with Crippen molar-refractivity contribution in [3.63, 3.8) is 0 Å². The van der Waals surface area contributed by atoms with E-state index in [9.17, 15) is 0 Å². The van der Waals surface area contributed by atoms with Gasteiger partial charge >= 0.3 is 0 Å². The lowest BCUT2D eigenvalue weighted by atomic mass is 10.2. The van der Waals surface area contributed by atoms with Gasteiger partial charge in [-0.3, -0.25) is 0 Å². The first kappa shape index (κ1) is 11.5. The van der Waals surface area contributed by atoms with Gasteiger partial charge in [0.25, 0.3) is 0 Å². The smallest absolute Gasteiger partial charge is 0.143 e. The second-order valence-electron chi connectivity index (χ2n) is 4.22. The Bertz CT molecular complexity index is 404. The zero-order valence-corrected chi connectivity index (χ0v) is 10.3. The van der Waals surface area contributed by atoms with E-state index in [0.29, 0.717) is 29.2 Å². The Morgan fingerprint density at radius 1 is 1.69 bits per heavy atom. The third kappa shape index (κ3) is 2.08. The largest absolute Gasteiger partial charge is 0.388 e. The molecule has 2 atom stereocenters. The first-order valence-corrected chi connectivity index (χ1v) is 5.78. The molecule has 0 spiro atoms. The topological polar surface area (TPSA) is 66.0 Å². The minimum atomic E-state index is 0.311. The molecule has 0 saturated heterocycles. The molecule has 1 heterocycles. The number of nitrogens with two attached hydrogens (primary N) is 1. The summed E-state index contributed by atoms with van der Waals surface area (Å²) in [5.41, 5.74) is 7.28. The molecular weight excluding hydrogens is 224 g/mol. The zero-order valence-electron chi connectivity index (χ0n) is 9.51. The van der Waals surface area contributed by atoms with Crippen LogP contribution in [0.25, 0.3) is 0 Å². The summed E-state index contributed by atoms with van der Waals surface area (Å²) in [7, 11) is 1.67. The van der Waals surface area contributed by atoms with Gasteiger partial charge in [0.2, 0.25) is 0 Å². The maximum absolute atomic E-state index is 5.63. The fourth-order valence-corrected chi connectivity index (χ4v) is 2.00. The van der Waals surface area contributed by atoms with E-state index < -0.39 is 0 Å². The van der Waals surface area contributed by atoms with Gasteiger partial charge in [-0.05, 0) is 12.3 Å². The fraction of sp³-hybridized carbons (Fsp3) is 0.700. The molecule has 0 amide bonds. The second kappa shape index (κ2) is 4.47. The molecule has 88 valence electrons. The molecule has 1 aromatic rings. The number of methoxy groups -OCH3 is 1. The predicted octanol–water partition coefficient (Wildman–Crippen LogP) is 0.682. The molecule has 1 aliphatic carbocycles. The highest BCUT2D eigenvalue weighted by Gasteiger charge is 2.37. The van der Waals surface area contributed by atoms with E-state index in [1.807, 2.05) is 4.68 Å². The minimum absolute atomic E-state index is 0.311. The van der Waals surface area contributed by atoms with E-state index in [2.05, 4.69) is 17.2 Å². The number of aromatic nitrogens is 3.